The molecule has 0 radical (unpaired) electrons. The Kier molecular flexibility index (Phi) is 2.82. The Balaban J connectivity index is 2.78. The molecule has 17 heavy (non-hydrogen) atoms. The summed E-state index contributed by atoms with van der Waals surface area (Å²) in [5.74, 6) is 0.664. The molecule has 0 atom stereocenters. The van der Waals surface area contributed by atoms with Gasteiger partial charge < -0.3 is 5.73 Å². The minimum atomic E-state index is 0.0900. The van der Waals surface area contributed by atoms with Gasteiger partial charge in [0.25, 0.3) is 0 Å². The third-order valence-corrected chi connectivity index (χ3v) is 3.15. The van der Waals surface area contributed by atoms with Crippen LogP contribution in [-0.4, -0.2) is 4.98 Å². The van der Waals surface area contributed by atoms with Gasteiger partial charge in [-0.3, -0.25) is 0 Å². The van der Waals surface area contributed by atoms with Crippen LogP contribution >= 0.6 is 0 Å². The van der Waals surface area contributed by atoms with E-state index in [1.54, 1.807) is 0 Å². The number of anilines is 1. The summed E-state index contributed by atoms with van der Waals surface area (Å²) in [5, 5.41) is 1.18. The van der Waals surface area contributed by atoms with Crippen molar-refractivity contribution in [1.29, 1.82) is 0 Å². The summed E-state index contributed by atoms with van der Waals surface area (Å²) in [6.45, 7) is 8.71. The maximum atomic E-state index is 6.00. The molecule has 0 fully saturated rings. The molecule has 2 N–H and O–H groups in total. The van der Waals surface area contributed by atoms with Gasteiger partial charge >= 0.3 is 0 Å². The zero-order chi connectivity index (χ0) is 12.6. The summed E-state index contributed by atoms with van der Waals surface area (Å²) in [6.07, 6.45) is 0.925. The van der Waals surface area contributed by atoms with Crippen LogP contribution in [0.15, 0.2) is 24.3 Å². The fraction of sp³-hybridized carbons (Fsp3) is 0.400. The Bertz CT molecular complexity index is 551. The van der Waals surface area contributed by atoms with E-state index in [-0.39, 0.29) is 5.41 Å². The van der Waals surface area contributed by atoms with Gasteiger partial charge in [-0.15, -0.1) is 0 Å². The summed E-state index contributed by atoms with van der Waals surface area (Å²) in [5.41, 5.74) is 9.51. The molecule has 0 aliphatic carbocycles. The highest BCUT2D eigenvalue weighted by Crippen LogP contribution is 2.30. The predicted octanol–water partition coefficient (Wildman–Crippen LogP) is 3.68. The number of nitrogens with two attached hydrogens (primary N) is 1. The van der Waals surface area contributed by atoms with E-state index in [0.717, 1.165) is 17.5 Å². The second kappa shape index (κ2) is 4.02. The third-order valence-electron chi connectivity index (χ3n) is 3.15. The normalized spacial score (nSPS) is 12.0. The van der Waals surface area contributed by atoms with Crippen LogP contribution in [0.3, 0.4) is 0 Å². The Labute approximate surface area is 103 Å². The van der Waals surface area contributed by atoms with Gasteiger partial charge in [0.1, 0.15) is 5.82 Å². The van der Waals surface area contributed by atoms with Crippen LogP contribution in [0.4, 0.5) is 5.82 Å². The van der Waals surface area contributed by atoms with Crippen molar-refractivity contribution in [3.8, 4) is 0 Å². The molecular formula is C15H20N2. The average molecular weight is 228 g/mol. The molecule has 1 aromatic heterocycles. The van der Waals surface area contributed by atoms with Crippen LogP contribution in [0, 0.1) is 0 Å². The minimum absolute atomic E-state index is 0.0900. The van der Waals surface area contributed by atoms with E-state index < -0.39 is 0 Å². The zero-order valence-corrected chi connectivity index (χ0v) is 11.0. The topological polar surface area (TPSA) is 38.9 Å². The van der Waals surface area contributed by atoms with E-state index in [1.165, 1.54) is 10.9 Å². The lowest BCUT2D eigenvalue weighted by molar-refractivity contribution is 0.594. The minimum Gasteiger partial charge on any atom is -0.383 e. The number of fused-ring (bicyclic) bond motifs is 1. The largest absolute Gasteiger partial charge is 0.383 e. The number of pyridine rings is 1. The van der Waals surface area contributed by atoms with E-state index in [0.29, 0.717) is 5.82 Å². The van der Waals surface area contributed by atoms with Crippen molar-refractivity contribution in [2.45, 2.75) is 39.5 Å². The van der Waals surface area contributed by atoms with Crippen molar-refractivity contribution < 1.29 is 0 Å². The Hall–Kier alpha value is -1.57. The van der Waals surface area contributed by atoms with Crippen molar-refractivity contribution in [3.63, 3.8) is 0 Å². The summed E-state index contributed by atoms with van der Waals surface area (Å²) >= 11 is 0. The van der Waals surface area contributed by atoms with Gasteiger partial charge in [-0.25, -0.2) is 4.98 Å². The second-order valence-corrected chi connectivity index (χ2v) is 5.51. The van der Waals surface area contributed by atoms with E-state index in [1.807, 2.05) is 0 Å². The molecule has 1 heterocycles. The van der Waals surface area contributed by atoms with Gasteiger partial charge in [0, 0.05) is 5.39 Å². The molecule has 0 bridgehead atoms. The van der Waals surface area contributed by atoms with Crippen molar-refractivity contribution in [1.82, 2.24) is 4.98 Å². The monoisotopic (exact) mass is 228 g/mol. The van der Waals surface area contributed by atoms with Crippen LogP contribution in [-0.2, 0) is 11.8 Å². The van der Waals surface area contributed by atoms with Gasteiger partial charge in [-0.2, -0.15) is 0 Å². The number of aryl methyl sites for hydroxylation is 1. The van der Waals surface area contributed by atoms with Crippen LogP contribution in [0.2, 0.25) is 0 Å². The van der Waals surface area contributed by atoms with Crippen LogP contribution in [0.1, 0.15) is 38.8 Å². The smallest absolute Gasteiger partial charge is 0.127 e. The second-order valence-electron chi connectivity index (χ2n) is 5.51. The van der Waals surface area contributed by atoms with Gasteiger partial charge in [-0.05, 0) is 29.0 Å². The Morgan fingerprint density at radius 3 is 2.53 bits per heavy atom. The lowest BCUT2D eigenvalue weighted by Gasteiger charge is -2.21. The molecule has 2 aromatic rings. The molecule has 2 rings (SSSR count). The third kappa shape index (κ3) is 2.12. The number of aromatic nitrogens is 1. The molecule has 0 saturated carbocycles. The van der Waals surface area contributed by atoms with Crippen molar-refractivity contribution in [2.75, 3.05) is 5.73 Å². The first-order chi connectivity index (χ1) is 7.93. The number of para-hydroxylation sites is 1. The molecule has 0 unspecified atom stereocenters. The highest BCUT2D eigenvalue weighted by Gasteiger charge is 2.18. The lowest BCUT2D eigenvalue weighted by Crippen LogP contribution is -2.12. The molecule has 0 saturated heterocycles. The number of nitrogen functional groups attached to an aromatic ring is 1. The number of benzene rings is 1. The fourth-order valence-electron chi connectivity index (χ4n) is 2.14. The van der Waals surface area contributed by atoms with Gasteiger partial charge in [0.15, 0.2) is 0 Å². The molecule has 1 aromatic carbocycles. The summed E-state index contributed by atoms with van der Waals surface area (Å²) in [6, 6.07) is 8.50. The Morgan fingerprint density at radius 2 is 1.94 bits per heavy atom. The quantitative estimate of drug-likeness (QED) is 0.808. The van der Waals surface area contributed by atoms with Gasteiger partial charge in [0.2, 0.25) is 0 Å². The lowest BCUT2D eigenvalue weighted by atomic mass is 9.85. The zero-order valence-electron chi connectivity index (χ0n) is 11.0. The van der Waals surface area contributed by atoms with Crippen molar-refractivity contribution >= 4 is 16.7 Å². The first-order valence-corrected chi connectivity index (χ1v) is 6.12. The average Bonchev–Trinajstić information content (AvgIpc) is 2.26. The first-order valence-electron chi connectivity index (χ1n) is 6.12. The molecule has 0 aliphatic heterocycles. The molecule has 90 valence electrons. The maximum Gasteiger partial charge on any atom is 0.127 e. The maximum absolute atomic E-state index is 6.00. The summed E-state index contributed by atoms with van der Waals surface area (Å²) < 4.78 is 0. The van der Waals surface area contributed by atoms with Crippen LogP contribution < -0.4 is 5.73 Å². The van der Waals surface area contributed by atoms with E-state index in [2.05, 4.69) is 56.9 Å². The number of hydrogen-bond acceptors (Lipinski definition) is 2. The SMILES string of the molecule is CCc1cc2cccc(C(C)(C)C)c2nc1N. The molecule has 0 aliphatic rings. The molecule has 0 amide bonds. The van der Waals surface area contributed by atoms with E-state index >= 15 is 0 Å². The summed E-state index contributed by atoms with van der Waals surface area (Å²) in [4.78, 5) is 4.59. The van der Waals surface area contributed by atoms with Crippen molar-refractivity contribution in [2.24, 2.45) is 0 Å². The van der Waals surface area contributed by atoms with Crippen LogP contribution in [0.5, 0.6) is 0 Å². The fourth-order valence-corrected chi connectivity index (χ4v) is 2.14. The number of rotatable bonds is 1. The number of hydrogen-bond donors (Lipinski definition) is 1. The van der Waals surface area contributed by atoms with Gasteiger partial charge in [0.05, 0.1) is 5.52 Å². The van der Waals surface area contributed by atoms with Crippen LogP contribution in [0.25, 0.3) is 10.9 Å². The Morgan fingerprint density at radius 1 is 1.24 bits per heavy atom. The number of nitrogens with zero attached hydrogens (tertiary/aromatic N) is 1. The summed E-state index contributed by atoms with van der Waals surface area (Å²) in [7, 11) is 0. The molecule has 2 heteroatoms. The highest BCUT2D eigenvalue weighted by molar-refractivity contribution is 5.85. The van der Waals surface area contributed by atoms with Gasteiger partial charge in [-0.1, -0.05) is 45.9 Å². The predicted molar refractivity (Wildman–Crippen MR) is 74.2 cm³/mol. The van der Waals surface area contributed by atoms with E-state index in [9.17, 15) is 0 Å². The first kappa shape index (κ1) is 11.9. The molecule has 0 spiro atoms. The molecular weight excluding hydrogens is 208 g/mol. The van der Waals surface area contributed by atoms with E-state index in [4.69, 9.17) is 5.73 Å². The van der Waals surface area contributed by atoms with Crippen molar-refractivity contribution in [3.05, 3.63) is 35.4 Å². The molecule has 2 nitrogen and oxygen atoms in total. The standard InChI is InChI=1S/C15H20N2/c1-5-10-9-11-7-6-8-12(15(2,3)4)13(11)17-14(10)16/h6-9H,5H2,1-4H3,(H2,16,17). The highest BCUT2D eigenvalue weighted by atomic mass is 14.8.